The van der Waals surface area contributed by atoms with E-state index < -0.39 is 0 Å². The van der Waals surface area contributed by atoms with Crippen molar-refractivity contribution in [3.8, 4) is 11.3 Å². The fourth-order valence-electron chi connectivity index (χ4n) is 2.88. The largest absolute Gasteiger partial charge is 0.355 e. The molecule has 0 amide bonds. The second-order valence-electron chi connectivity index (χ2n) is 6.04. The zero-order valence-corrected chi connectivity index (χ0v) is 13.8. The molecule has 3 aromatic carbocycles. The van der Waals surface area contributed by atoms with Crippen LogP contribution in [0.25, 0.3) is 22.2 Å². The van der Waals surface area contributed by atoms with Gasteiger partial charge in [0.2, 0.25) is 0 Å². The molecule has 4 rings (SSSR count). The number of aromatic nitrogens is 1. The summed E-state index contributed by atoms with van der Waals surface area (Å²) in [6.07, 6.45) is 0. The topological polar surface area (TPSA) is 24.9 Å². The third kappa shape index (κ3) is 3.09. The molecule has 0 aliphatic carbocycles. The van der Waals surface area contributed by atoms with Crippen LogP contribution in [-0.2, 0) is 0 Å². The number of para-hydroxylation sites is 1. The van der Waals surface area contributed by atoms with E-state index in [0.29, 0.717) is 11.3 Å². The Kier molecular flexibility index (Phi) is 3.90. The summed E-state index contributed by atoms with van der Waals surface area (Å²) < 4.78 is 14.2. The van der Waals surface area contributed by atoms with Gasteiger partial charge < -0.3 is 5.32 Å². The number of benzene rings is 3. The molecule has 3 heteroatoms. The molecule has 0 saturated carbocycles. The van der Waals surface area contributed by atoms with E-state index in [1.54, 1.807) is 12.1 Å². The smallest absolute Gasteiger partial charge is 0.132 e. The predicted molar refractivity (Wildman–Crippen MR) is 102 cm³/mol. The molecular weight excluding hydrogens is 311 g/mol. The van der Waals surface area contributed by atoms with Crippen molar-refractivity contribution in [3.05, 3.63) is 90.2 Å². The summed E-state index contributed by atoms with van der Waals surface area (Å²) in [4.78, 5) is 4.64. The third-order valence-electron chi connectivity index (χ3n) is 4.20. The molecule has 0 radical (unpaired) electrons. The van der Waals surface area contributed by atoms with Crippen molar-refractivity contribution in [2.24, 2.45) is 0 Å². The van der Waals surface area contributed by atoms with Crippen molar-refractivity contribution in [2.45, 2.75) is 6.92 Å². The minimum absolute atomic E-state index is 0.272. The number of hydrogen-bond donors (Lipinski definition) is 1. The van der Waals surface area contributed by atoms with Crippen molar-refractivity contribution >= 4 is 22.3 Å². The van der Waals surface area contributed by atoms with Crippen LogP contribution >= 0.6 is 0 Å². The molecule has 2 nitrogen and oxygen atoms in total. The quantitative estimate of drug-likeness (QED) is 0.492. The predicted octanol–water partition coefficient (Wildman–Crippen LogP) is 6.09. The highest BCUT2D eigenvalue weighted by Crippen LogP contribution is 2.31. The number of rotatable bonds is 3. The Morgan fingerprint density at radius 3 is 2.36 bits per heavy atom. The number of nitrogens with zero attached hydrogens (tertiary/aromatic N) is 1. The molecular formula is C22H17FN2. The molecule has 1 heterocycles. The summed E-state index contributed by atoms with van der Waals surface area (Å²) in [5.41, 5.74) is 5.05. The van der Waals surface area contributed by atoms with Gasteiger partial charge in [0.25, 0.3) is 0 Å². The average molecular weight is 328 g/mol. The molecule has 0 unspecified atom stereocenters. The average Bonchev–Trinajstić information content (AvgIpc) is 2.64. The van der Waals surface area contributed by atoms with Crippen LogP contribution in [0.1, 0.15) is 5.56 Å². The van der Waals surface area contributed by atoms with Gasteiger partial charge >= 0.3 is 0 Å². The number of fused-ring (bicyclic) bond motifs is 1. The van der Waals surface area contributed by atoms with Gasteiger partial charge in [-0.25, -0.2) is 9.37 Å². The Labute approximate surface area is 146 Å². The Morgan fingerprint density at radius 1 is 0.840 bits per heavy atom. The van der Waals surface area contributed by atoms with Crippen LogP contribution in [0.5, 0.6) is 0 Å². The first-order valence-electron chi connectivity index (χ1n) is 8.19. The standard InChI is InChI=1S/C22H17FN2/c1-15-10-12-16(13-11-15)24-22-14-21(17-6-2-4-8-19(17)23)25-20-9-5-3-7-18(20)22/h2-14H,1H3,(H,24,25). The van der Waals surface area contributed by atoms with Crippen LogP contribution in [0.15, 0.2) is 78.9 Å². The van der Waals surface area contributed by atoms with E-state index in [4.69, 9.17) is 0 Å². The fourth-order valence-corrected chi connectivity index (χ4v) is 2.88. The van der Waals surface area contributed by atoms with Gasteiger partial charge in [0.1, 0.15) is 5.82 Å². The monoisotopic (exact) mass is 328 g/mol. The van der Waals surface area contributed by atoms with Gasteiger partial charge in [-0.15, -0.1) is 0 Å². The molecule has 0 bridgehead atoms. The number of pyridine rings is 1. The first-order chi connectivity index (χ1) is 12.2. The maximum Gasteiger partial charge on any atom is 0.132 e. The molecule has 0 saturated heterocycles. The fraction of sp³-hybridized carbons (Fsp3) is 0.0455. The zero-order chi connectivity index (χ0) is 17.2. The van der Waals surface area contributed by atoms with E-state index >= 15 is 0 Å². The number of aryl methyl sites for hydroxylation is 1. The second-order valence-corrected chi connectivity index (χ2v) is 6.04. The minimum atomic E-state index is -0.272. The number of hydrogen-bond acceptors (Lipinski definition) is 2. The van der Waals surface area contributed by atoms with Crippen LogP contribution in [0.2, 0.25) is 0 Å². The van der Waals surface area contributed by atoms with Gasteiger partial charge in [0.05, 0.1) is 16.9 Å². The first kappa shape index (κ1) is 15.3. The Morgan fingerprint density at radius 2 is 1.56 bits per heavy atom. The lowest BCUT2D eigenvalue weighted by atomic mass is 10.1. The van der Waals surface area contributed by atoms with E-state index in [9.17, 15) is 4.39 Å². The van der Waals surface area contributed by atoms with Crippen molar-refractivity contribution in [1.29, 1.82) is 0 Å². The Hall–Kier alpha value is -3.20. The van der Waals surface area contributed by atoms with E-state index in [-0.39, 0.29) is 5.82 Å². The maximum atomic E-state index is 14.2. The van der Waals surface area contributed by atoms with Crippen molar-refractivity contribution in [3.63, 3.8) is 0 Å². The van der Waals surface area contributed by atoms with Crippen molar-refractivity contribution < 1.29 is 4.39 Å². The Bertz CT molecular complexity index is 1040. The summed E-state index contributed by atoms with van der Waals surface area (Å²) in [5, 5.41) is 4.44. The number of nitrogens with one attached hydrogen (secondary N) is 1. The van der Waals surface area contributed by atoms with Crippen molar-refractivity contribution in [2.75, 3.05) is 5.32 Å². The first-order valence-corrected chi connectivity index (χ1v) is 8.19. The molecule has 1 aromatic heterocycles. The molecule has 0 fully saturated rings. The maximum absolute atomic E-state index is 14.2. The molecule has 4 aromatic rings. The highest BCUT2D eigenvalue weighted by molar-refractivity contribution is 5.95. The lowest BCUT2D eigenvalue weighted by Crippen LogP contribution is -1.96. The van der Waals surface area contributed by atoms with Crippen molar-refractivity contribution in [1.82, 2.24) is 4.98 Å². The molecule has 0 aliphatic rings. The molecule has 0 atom stereocenters. The SMILES string of the molecule is Cc1ccc(Nc2cc(-c3ccccc3F)nc3ccccc23)cc1. The molecule has 122 valence electrons. The normalized spacial score (nSPS) is 10.8. The summed E-state index contributed by atoms with van der Waals surface area (Å²) in [6, 6.07) is 24.7. The van der Waals surface area contributed by atoms with Gasteiger partial charge in [-0.3, -0.25) is 0 Å². The van der Waals surface area contributed by atoms with Gasteiger partial charge in [0.15, 0.2) is 0 Å². The highest BCUT2D eigenvalue weighted by atomic mass is 19.1. The summed E-state index contributed by atoms with van der Waals surface area (Å²) >= 11 is 0. The van der Waals surface area contributed by atoms with Gasteiger partial charge in [-0.2, -0.15) is 0 Å². The molecule has 0 aliphatic heterocycles. The third-order valence-corrected chi connectivity index (χ3v) is 4.20. The Balaban J connectivity index is 1.87. The van der Waals surface area contributed by atoms with Gasteiger partial charge in [0, 0.05) is 16.6 Å². The highest BCUT2D eigenvalue weighted by Gasteiger charge is 2.10. The van der Waals surface area contributed by atoms with E-state index in [1.165, 1.54) is 11.6 Å². The van der Waals surface area contributed by atoms with Gasteiger partial charge in [-0.1, -0.05) is 48.0 Å². The minimum Gasteiger partial charge on any atom is -0.355 e. The van der Waals surface area contributed by atoms with Crippen LogP contribution in [0, 0.1) is 12.7 Å². The summed E-state index contributed by atoms with van der Waals surface area (Å²) in [6.45, 7) is 2.06. The molecule has 1 N–H and O–H groups in total. The van der Waals surface area contributed by atoms with Crippen LogP contribution in [0.4, 0.5) is 15.8 Å². The van der Waals surface area contributed by atoms with Crippen LogP contribution in [0.3, 0.4) is 0 Å². The molecule has 0 spiro atoms. The van der Waals surface area contributed by atoms with E-state index in [2.05, 4.69) is 29.4 Å². The van der Waals surface area contributed by atoms with Crippen LogP contribution in [-0.4, -0.2) is 4.98 Å². The number of anilines is 2. The lowest BCUT2D eigenvalue weighted by molar-refractivity contribution is 0.631. The molecule has 25 heavy (non-hydrogen) atoms. The second kappa shape index (κ2) is 6.36. The zero-order valence-electron chi connectivity index (χ0n) is 13.8. The van der Waals surface area contributed by atoms with Crippen LogP contribution < -0.4 is 5.32 Å². The van der Waals surface area contributed by atoms with Gasteiger partial charge in [-0.05, 0) is 43.3 Å². The van der Waals surface area contributed by atoms with E-state index in [0.717, 1.165) is 22.3 Å². The number of halogens is 1. The lowest BCUT2D eigenvalue weighted by Gasteiger charge is -2.13. The van der Waals surface area contributed by atoms with E-state index in [1.807, 2.05) is 48.5 Å². The summed E-state index contributed by atoms with van der Waals surface area (Å²) in [7, 11) is 0. The summed E-state index contributed by atoms with van der Waals surface area (Å²) in [5.74, 6) is -0.272.